The highest BCUT2D eigenvalue weighted by molar-refractivity contribution is 5.99. The normalized spacial score (nSPS) is 17.6. The zero-order valence-electron chi connectivity index (χ0n) is 25.2. The van der Waals surface area contributed by atoms with Gasteiger partial charge in [-0.3, -0.25) is 24.0 Å². The van der Waals surface area contributed by atoms with Gasteiger partial charge in [0, 0.05) is 23.8 Å². The van der Waals surface area contributed by atoms with E-state index in [1.165, 1.54) is 4.90 Å². The molecule has 2 aromatic carbocycles. The largest absolute Gasteiger partial charge is 0.484 e. The van der Waals surface area contributed by atoms with Crippen molar-refractivity contribution in [1.82, 2.24) is 15.5 Å². The van der Waals surface area contributed by atoms with Gasteiger partial charge in [0.15, 0.2) is 12.4 Å². The first-order valence-electron chi connectivity index (χ1n) is 14.4. The summed E-state index contributed by atoms with van der Waals surface area (Å²) >= 11 is 0. The Hall–Kier alpha value is -4.49. The molecule has 0 saturated carbocycles. The van der Waals surface area contributed by atoms with Gasteiger partial charge in [-0.25, -0.2) is 0 Å². The first-order chi connectivity index (χ1) is 20.7. The van der Waals surface area contributed by atoms with Crippen molar-refractivity contribution >= 4 is 35.1 Å². The fraction of sp³-hybridized carbons (Fsp3) is 0.452. The molecule has 0 aromatic heterocycles. The lowest BCUT2D eigenvalue weighted by Gasteiger charge is -2.34. The Kier molecular flexibility index (Phi) is 11.4. The van der Waals surface area contributed by atoms with E-state index in [-0.39, 0.29) is 12.5 Å². The van der Waals surface area contributed by atoms with E-state index in [1.807, 2.05) is 20.8 Å². The Morgan fingerprint density at radius 3 is 2.27 bits per heavy atom. The van der Waals surface area contributed by atoms with E-state index in [0.29, 0.717) is 29.8 Å². The van der Waals surface area contributed by atoms with Crippen LogP contribution in [0.5, 0.6) is 5.75 Å². The number of benzene rings is 2. The zero-order chi connectivity index (χ0) is 32.6. The molecule has 3 rings (SSSR count). The predicted octanol–water partition coefficient (Wildman–Crippen LogP) is 0.160. The molecule has 5 atom stereocenters. The molecule has 0 spiro atoms. The van der Waals surface area contributed by atoms with Crippen molar-refractivity contribution in [3.63, 3.8) is 0 Å². The summed E-state index contributed by atoms with van der Waals surface area (Å²) in [4.78, 5) is 66.8. The number of ketones is 1. The summed E-state index contributed by atoms with van der Waals surface area (Å²) in [7, 11) is 0. The molecule has 9 N–H and O–H groups in total. The van der Waals surface area contributed by atoms with E-state index in [9.17, 15) is 29.1 Å². The summed E-state index contributed by atoms with van der Waals surface area (Å²) in [5.74, 6) is -5.06. The second kappa shape index (κ2) is 14.8. The number of nitrogens with one attached hydrogen (secondary N) is 2. The van der Waals surface area contributed by atoms with E-state index in [1.54, 1.807) is 54.6 Å². The van der Waals surface area contributed by atoms with E-state index in [0.717, 1.165) is 0 Å². The maximum Gasteiger partial charge on any atom is 0.258 e. The van der Waals surface area contributed by atoms with Crippen molar-refractivity contribution in [2.24, 2.45) is 17.4 Å². The minimum Gasteiger partial charge on any atom is -0.484 e. The Morgan fingerprint density at radius 2 is 1.68 bits per heavy atom. The summed E-state index contributed by atoms with van der Waals surface area (Å²) in [5.41, 5.74) is 17.9. The summed E-state index contributed by atoms with van der Waals surface area (Å²) in [6.07, 6.45) is -1.73. The van der Waals surface area contributed by atoms with Crippen LogP contribution in [0.1, 0.15) is 51.6 Å². The molecule has 1 saturated heterocycles. The van der Waals surface area contributed by atoms with Crippen LogP contribution in [0.2, 0.25) is 0 Å². The van der Waals surface area contributed by atoms with Gasteiger partial charge >= 0.3 is 0 Å². The average Bonchev–Trinajstić information content (AvgIpc) is 3.46. The number of hydrogen-bond acceptors (Lipinski definition) is 9. The second-order valence-electron chi connectivity index (χ2n) is 11.9. The number of amides is 4. The number of primary amides is 1. The number of likely N-dealkylation sites (tertiary alicyclic amines) is 1. The van der Waals surface area contributed by atoms with Crippen LogP contribution in [0.15, 0.2) is 54.6 Å². The molecule has 0 aliphatic carbocycles. The van der Waals surface area contributed by atoms with Gasteiger partial charge in [-0.15, -0.1) is 0 Å². The van der Waals surface area contributed by atoms with Crippen LogP contribution in [-0.4, -0.2) is 76.3 Å². The Labute approximate surface area is 256 Å². The number of hydrogen-bond donors (Lipinski definition) is 6. The van der Waals surface area contributed by atoms with Crippen LogP contribution in [0, 0.1) is 5.92 Å². The van der Waals surface area contributed by atoms with Crippen molar-refractivity contribution in [1.29, 1.82) is 0 Å². The van der Waals surface area contributed by atoms with E-state index in [2.05, 4.69) is 10.6 Å². The van der Waals surface area contributed by atoms with Crippen molar-refractivity contribution < 1.29 is 33.8 Å². The zero-order valence-corrected chi connectivity index (χ0v) is 25.2. The quantitative estimate of drug-likeness (QED) is 0.170. The van der Waals surface area contributed by atoms with Gasteiger partial charge in [-0.05, 0) is 63.4 Å². The first kappa shape index (κ1) is 34.0. The number of ether oxygens (including phenoxy) is 1. The van der Waals surface area contributed by atoms with Gasteiger partial charge < -0.3 is 42.6 Å². The average molecular weight is 611 g/mol. The third-order valence-corrected chi connectivity index (χ3v) is 7.16. The van der Waals surface area contributed by atoms with E-state index >= 15 is 0 Å². The number of nitrogens with two attached hydrogens (primary N) is 3. The lowest BCUT2D eigenvalue weighted by molar-refractivity contribution is -0.152. The molecule has 1 heterocycles. The van der Waals surface area contributed by atoms with Gasteiger partial charge in [-0.2, -0.15) is 0 Å². The maximum absolute atomic E-state index is 14.0. The highest BCUT2D eigenvalue weighted by Gasteiger charge is 2.45. The lowest BCUT2D eigenvalue weighted by Crippen LogP contribution is -2.57. The summed E-state index contributed by atoms with van der Waals surface area (Å²) in [5, 5.41) is 16.8. The molecular formula is C31H42N6O7. The fourth-order valence-corrected chi connectivity index (χ4v) is 5.10. The van der Waals surface area contributed by atoms with Crippen molar-refractivity contribution in [3.8, 4) is 5.75 Å². The number of anilines is 1. The predicted molar refractivity (Wildman–Crippen MR) is 163 cm³/mol. The molecule has 44 heavy (non-hydrogen) atoms. The molecule has 238 valence electrons. The second-order valence-corrected chi connectivity index (χ2v) is 11.9. The lowest BCUT2D eigenvalue weighted by atomic mass is 9.81. The van der Waals surface area contributed by atoms with Gasteiger partial charge in [0.1, 0.15) is 17.9 Å². The molecule has 13 heteroatoms. The third-order valence-electron chi connectivity index (χ3n) is 7.16. The van der Waals surface area contributed by atoms with Gasteiger partial charge in [0.25, 0.3) is 11.8 Å². The highest BCUT2D eigenvalue weighted by atomic mass is 16.5. The first-order valence-corrected chi connectivity index (χ1v) is 14.4. The molecule has 0 bridgehead atoms. The number of aliphatic hydroxyl groups excluding tert-OH is 1. The molecule has 1 aliphatic heterocycles. The summed E-state index contributed by atoms with van der Waals surface area (Å²) in [6.45, 7) is 5.10. The van der Waals surface area contributed by atoms with Crippen LogP contribution in [-0.2, 0) is 24.0 Å². The molecule has 1 fully saturated rings. The van der Waals surface area contributed by atoms with Crippen LogP contribution in [0.3, 0.4) is 0 Å². The number of rotatable bonds is 13. The Bertz CT molecular complexity index is 1330. The van der Waals surface area contributed by atoms with Crippen LogP contribution in [0.25, 0.3) is 0 Å². The molecule has 3 unspecified atom stereocenters. The van der Waals surface area contributed by atoms with Gasteiger partial charge in [0.2, 0.25) is 11.8 Å². The molecule has 13 nitrogen and oxygen atoms in total. The minimum absolute atomic E-state index is 0.184. The van der Waals surface area contributed by atoms with Crippen molar-refractivity contribution in [2.75, 3.05) is 18.9 Å². The van der Waals surface area contributed by atoms with E-state index in [4.69, 9.17) is 21.9 Å². The fourth-order valence-electron chi connectivity index (χ4n) is 5.10. The van der Waals surface area contributed by atoms with Crippen LogP contribution < -0.4 is 32.6 Å². The molecule has 1 aliphatic rings. The van der Waals surface area contributed by atoms with Crippen LogP contribution in [0.4, 0.5) is 5.69 Å². The highest BCUT2D eigenvalue weighted by Crippen LogP contribution is 2.29. The third kappa shape index (κ3) is 9.25. The van der Waals surface area contributed by atoms with Gasteiger partial charge in [-0.1, -0.05) is 30.3 Å². The SMILES string of the molecule is CC(C)(C)NC(=O)[C@@H]1CCCN1C(=O)C(O)C(C(=O)[C@H](CC(N)=O)NC(=O)COc1ccc(N)cc1)C(N)c1ccccc1. The number of Topliss-reactive ketones (excluding diaryl/α,β-unsaturated/α-hetero) is 1. The molecule has 0 radical (unpaired) electrons. The number of carbonyl (C=O) groups is 5. The Morgan fingerprint density at radius 1 is 1.05 bits per heavy atom. The smallest absolute Gasteiger partial charge is 0.258 e. The topological polar surface area (TPSA) is 220 Å². The molecular weight excluding hydrogens is 568 g/mol. The maximum atomic E-state index is 14.0. The Balaban J connectivity index is 1.88. The van der Waals surface area contributed by atoms with Crippen molar-refractivity contribution in [2.45, 2.75) is 69.8 Å². The number of carbonyl (C=O) groups excluding carboxylic acids is 5. The van der Waals surface area contributed by atoms with E-state index < -0.39 is 72.2 Å². The number of nitrogen functional groups attached to an aromatic ring is 1. The monoisotopic (exact) mass is 610 g/mol. The summed E-state index contributed by atoms with van der Waals surface area (Å²) < 4.78 is 5.44. The molecule has 4 amide bonds. The molecule has 2 aromatic rings. The summed E-state index contributed by atoms with van der Waals surface area (Å²) in [6, 6.07) is 11.0. The minimum atomic E-state index is -2.00. The standard InChI is InChI=1S/C31H42N6O7/c1-31(2,3)36-29(42)22-10-7-15-37(22)30(43)28(41)25(26(34)18-8-5-4-6-9-18)27(40)21(16-23(33)38)35-24(39)17-44-20-13-11-19(32)12-14-20/h4-6,8-9,11-14,21-22,25-26,28,41H,7,10,15-17,32,34H2,1-3H3,(H2,33,38)(H,35,39)(H,36,42)/t21-,22-,25?,26?,28?/m0/s1. The number of nitrogens with zero attached hydrogens (tertiary/aromatic N) is 1. The van der Waals surface area contributed by atoms with Crippen molar-refractivity contribution in [3.05, 3.63) is 60.2 Å². The van der Waals surface area contributed by atoms with Gasteiger partial charge in [0.05, 0.1) is 18.4 Å². The number of aliphatic hydroxyl groups is 1. The van der Waals surface area contributed by atoms with Crippen LogP contribution >= 0.6 is 0 Å².